The minimum absolute atomic E-state index is 0.381. The Labute approximate surface area is 110 Å². The largest absolute Gasteiger partial charge is 0.306 e. The SMILES string of the molecule is Cc1ccc([C@H](C)NCc2cccc(C)c2)cc1. The first-order valence-corrected chi connectivity index (χ1v) is 6.50. The van der Waals surface area contributed by atoms with Gasteiger partial charge in [-0.15, -0.1) is 0 Å². The first-order valence-electron chi connectivity index (χ1n) is 6.50. The summed E-state index contributed by atoms with van der Waals surface area (Å²) in [5.41, 5.74) is 5.31. The van der Waals surface area contributed by atoms with E-state index >= 15 is 0 Å². The van der Waals surface area contributed by atoms with Crippen molar-refractivity contribution >= 4 is 0 Å². The van der Waals surface area contributed by atoms with Crippen LogP contribution in [0.1, 0.15) is 35.2 Å². The van der Waals surface area contributed by atoms with Crippen molar-refractivity contribution in [3.8, 4) is 0 Å². The minimum Gasteiger partial charge on any atom is -0.306 e. The van der Waals surface area contributed by atoms with Gasteiger partial charge in [0.1, 0.15) is 0 Å². The van der Waals surface area contributed by atoms with Gasteiger partial charge in [0.05, 0.1) is 0 Å². The molecule has 0 unspecified atom stereocenters. The van der Waals surface area contributed by atoms with Gasteiger partial charge in [0, 0.05) is 12.6 Å². The second-order valence-electron chi connectivity index (χ2n) is 5.00. The molecule has 2 aromatic rings. The van der Waals surface area contributed by atoms with Crippen molar-refractivity contribution in [3.05, 3.63) is 70.8 Å². The van der Waals surface area contributed by atoms with Gasteiger partial charge in [-0.05, 0) is 31.9 Å². The van der Waals surface area contributed by atoms with Gasteiger partial charge in [0.25, 0.3) is 0 Å². The summed E-state index contributed by atoms with van der Waals surface area (Å²) in [6.07, 6.45) is 0. The number of nitrogens with one attached hydrogen (secondary N) is 1. The first kappa shape index (κ1) is 12.8. The maximum atomic E-state index is 3.56. The van der Waals surface area contributed by atoms with E-state index in [9.17, 15) is 0 Å². The van der Waals surface area contributed by atoms with Crippen LogP contribution in [0.25, 0.3) is 0 Å². The number of benzene rings is 2. The summed E-state index contributed by atoms with van der Waals surface area (Å²) >= 11 is 0. The maximum absolute atomic E-state index is 3.56. The van der Waals surface area contributed by atoms with Crippen molar-refractivity contribution < 1.29 is 0 Å². The third-order valence-electron chi connectivity index (χ3n) is 3.27. The molecule has 0 amide bonds. The Morgan fingerprint density at radius 1 is 0.944 bits per heavy atom. The summed E-state index contributed by atoms with van der Waals surface area (Å²) < 4.78 is 0. The zero-order chi connectivity index (χ0) is 13.0. The number of rotatable bonds is 4. The van der Waals surface area contributed by atoms with E-state index in [-0.39, 0.29) is 0 Å². The molecule has 0 heterocycles. The monoisotopic (exact) mass is 239 g/mol. The molecule has 1 N–H and O–H groups in total. The van der Waals surface area contributed by atoms with E-state index in [1.54, 1.807) is 0 Å². The lowest BCUT2D eigenvalue weighted by Crippen LogP contribution is -2.18. The van der Waals surface area contributed by atoms with Crippen LogP contribution in [0.4, 0.5) is 0 Å². The fourth-order valence-corrected chi connectivity index (χ4v) is 2.07. The molecule has 0 fully saturated rings. The van der Waals surface area contributed by atoms with Gasteiger partial charge in [0.15, 0.2) is 0 Å². The van der Waals surface area contributed by atoms with E-state index in [1.807, 2.05) is 0 Å². The highest BCUT2D eigenvalue weighted by Crippen LogP contribution is 2.14. The fourth-order valence-electron chi connectivity index (χ4n) is 2.07. The number of hydrogen-bond acceptors (Lipinski definition) is 1. The van der Waals surface area contributed by atoms with Crippen molar-refractivity contribution in [2.45, 2.75) is 33.4 Å². The molecule has 0 saturated carbocycles. The zero-order valence-corrected chi connectivity index (χ0v) is 11.4. The Balaban J connectivity index is 1.96. The van der Waals surface area contributed by atoms with E-state index in [1.165, 1.54) is 22.3 Å². The number of aryl methyl sites for hydroxylation is 2. The molecule has 0 saturated heterocycles. The topological polar surface area (TPSA) is 12.0 Å². The quantitative estimate of drug-likeness (QED) is 0.845. The zero-order valence-electron chi connectivity index (χ0n) is 11.4. The summed E-state index contributed by atoms with van der Waals surface area (Å²) in [6, 6.07) is 17.8. The van der Waals surface area contributed by atoms with Crippen LogP contribution < -0.4 is 5.32 Å². The summed E-state index contributed by atoms with van der Waals surface area (Å²) in [6.45, 7) is 7.37. The smallest absolute Gasteiger partial charge is 0.0294 e. The standard InChI is InChI=1S/C17H21N/c1-13-7-9-17(10-8-13)15(3)18-12-16-6-4-5-14(2)11-16/h4-11,15,18H,12H2,1-3H3/t15-/m0/s1. The normalized spacial score (nSPS) is 12.4. The van der Waals surface area contributed by atoms with Gasteiger partial charge in [-0.25, -0.2) is 0 Å². The summed E-state index contributed by atoms with van der Waals surface area (Å²) in [5.74, 6) is 0. The van der Waals surface area contributed by atoms with Gasteiger partial charge in [-0.3, -0.25) is 0 Å². The fraction of sp³-hybridized carbons (Fsp3) is 0.294. The van der Waals surface area contributed by atoms with E-state index in [0.717, 1.165) is 6.54 Å². The number of hydrogen-bond donors (Lipinski definition) is 1. The molecule has 0 spiro atoms. The van der Waals surface area contributed by atoms with E-state index in [0.29, 0.717) is 6.04 Å². The van der Waals surface area contributed by atoms with E-state index < -0.39 is 0 Å². The summed E-state index contributed by atoms with van der Waals surface area (Å²) in [7, 11) is 0. The molecule has 1 atom stereocenters. The van der Waals surface area contributed by atoms with E-state index in [2.05, 4.69) is 74.6 Å². The molecule has 0 radical (unpaired) electrons. The summed E-state index contributed by atoms with van der Waals surface area (Å²) in [4.78, 5) is 0. The predicted octanol–water partition coefficient (Wildman–Crippen LogP) is 4.15. The minimum atomic E-state index is 0.381. The third-order valence-corrected chi connectivity index (χ3v) is 3.27. The first-order chi connectivity index (χ1) is 8.65. The highest BCUT2D eigenvalue weighted by Gasteiger charge is 2.04. The molecule has 0 aliphatic heterocycles. The van der Waals surface area contributed by atoms with Crippen LogP contribution in [-0.4, -0.2) is 0 Å². The van der Waals surface area contributed by atoms with Crippen LogP contribution in [-0.2, 0) is 6.54 Å². The van der Waals surface area contributed by atoms with Crippen molar-refractivity contribution in [3.63, 3.8) is 0 Å². The average Bonchev–Trinajstić information content (AvgIpc) is 2.37. The van der Waals surface area contributed by atoms with Gasteiger partial charge < -0.3 is 5.32 Å². The Morgan fingerprint density at radius 2 is 1.67 bits per heavy atom. The van der Waals surface area contributed by atoms with Gasteiger partial charge >= 0.3 is 0 Å². The molecule has 0 aromatic heterocycles. The molecule has 0 aliphatic carbocycles. The molecule has 2 aromatic carbocycles. The highest BCUT2D eigenvalue weighted by molar-refractivity contribution is 5.25. The predicted molar refractivity (Wildman–Crippen MR) is 77.6 cm³/mol. The molecular weight excluding hydrogens is 218 g/mol. The van der Waals surface area contributed by atoms with Crippen LogP contribution in [0.3, 0.4) is 0 Å². The van der Waals surface area contributed by atoms with Crippen LogP contribution in [0.15, 0.2) is 48.5 Å². The lowest BCUT2D eigenvalue weighted by molar-refractivity contribution is 0.574. The van der Waals surface area contributed by atoms with Crippen molar-refractivity contribution in [1.29, 1.82) is 0 Å². The van der Waals surface area contributed by atoms with Crippen molar-refractivity contribution in [2.24, 2.45) is 0 Å². The molecule has 0 bridgehead atoms. The molecule has 94 valence electrons. The molecule has 1 heteroatoms. The van der Waals surface area contributed by atoms with Crippen LogP contribution >= 0.6 is 0 Å². The lowest BCUT2D eigenvalue weighted by Gasteiger charge is -2.14. The van der Waals surface area contributed by atoms with Gasteiger partial charge in [0.2, 0.25) is 0 Å². The average molecular weight is 239 g/mol. The van der Waals surface area contributed by atoms with Crippen LogP contribution in [0, 0.1) is 13.8 Å². The maximum Gasteiger partial charge on any atom is 0.0294 e. The van der Waals surface area contributed by atoms with Crippen LogP contribution in [0.5, 0.6) is 0 Å². The van der Waals surface area contributed by atoms with Crippen molar-refractivity contribution in [1.82, 2.24) is 5.32 Å². The van der Waals surface area contributed by atoms with Crippen molar-refractivity contribution in [2.75, 3.05) is 0 Å². The lowest BCUT2D eigenvalue weighted by atomic mass is 10.1. The molecular formula is C17H21N. The second-order valence-corrected chi connectivity index (χ2v) is 5.00. The Bertz CT molecular complexity index is 499. The van der Waals surface area contributed by atoms with Crippen LogP contribution in [0.2, 0.25) is 0 Å². The summed E-state index contributed by atoms with van der Waals surface area (Å²) in [5, 5.41) is 3.56. The van der Waals surface area contributed by atoms with Gasteiger partial charge in [-0.1, -0.05) is 59.7 Å². The molecule has 0 aliphatic rings. The molecule has 2 rings (SSSR count). The third kappa shape index (κ3) is 3.44. The molecule has 1 nitrogen and oxygen atoms in total. The Morgan fingerprint density at radius 3 is 2.33 bits per heavy atom. The highest BCUT2D eigenvalue weighted by atomic mass is 14.9. The Kier molecular flexibility index (Phi) is 4.16. The van der Waals surface area contributed by atoms with Gasteiger partial charge in [-0.2, -0.15) is 0 Å². The van der Waals surface area contributed by atoms with E-state index in [4.69, 9.17) is 0 Å². The molecule has 18 heavy (non-hydrogen) atoms. The Hall–Kier alpha value is -1.60. The second kappa shape index (κ2) is 5.83.